The molecule has 1 aliphatic carbocycles. The van der Waals surface area contributed by atoms with Gasteiger partial charge in [0.25, 0.3) is 0 Å². The lowest BCUT2D eigenvalue weighted by Gasteiger charge is -2.51. The Morgan fingerprint density at radius 3 is 2.36 bits per heavy atom. The molecule has 1 saturated carbocycles. The van der Waals surface area contributed by atoms with Gasteiger partial charge in [-0.25, -0.2) is 0 Å². The number of benzene rings is 2. The second-order valence-corrected chi connectivity index (χ2v) is 8.96. The predicted molar refractivity (Wildman–Crippen MR) is 126 cm³/mol. The van der Waals surface area contributed by atoms with Crippen LogP contribution in [0.25, 0.3) is 0 Å². The minimum Gasteiger partial charge on any atom is -0.493 e. The molecule has 0 unspecified atom stereocenters. The van der Waals surface area contributed by atoms with Crippen LogP contribution in [0.15, 0.2) is 42.5 Å². The largest absolute Gasteiger partial charge is 0.493 e. The minimum atomic E-state index is -0.505. The van der Waals surface area contributed by atoms with E-state index in [9.17, 15) is 9.59 Å². The van der Waals surface area contributed by atoms with Gasteiger partial charge in [0.15, 0.2) is 11.5 Å². The summed E-state index contributed by atoms with van der Waals surface area (Å²) in [6.07, 6.45) is 3.36. The Morgan fingerprint density at radius 2 is 1.73 bits per heavy atom. The molecular weight excluding hydrogens is 442 g/mol. The number of ether oxygens (including phenoxy) is 3. The first-order chi connectivity index (χ1) is 16.0. The maximum Gasteiger partial charge on any atom is 0.309 e. The SMILES string of the molecule is COc1cc2c(cc1OC)C1(CCC(C(=O)OCc3ccccc3)CC1)N(C(=O)CCl)CC2. The van der Waals surface area contributed by atoms with Crippen molar-refractivity contribution in [2.24, 2.45) is 5.92 Å². The van der Waals surface area contributed by atoms with Crippen molar-refractivity contribution in [1.82, 2.24) is 4.90 Å². The number of nitrogens with zero attached hydrogens (tertiary/aromatic N) is 1. The van der Waals surface area contributed by atoms with Crippen LogP contribution in [0.2, 0.25) is 0 Å². The Hall–Kier alpha value is -2.73. The summed E-state index contributed by atoms with van der Waals surface area (Å²) in [5, 5.41) is 0. The van der Waals surface area contributed by atoms with Crippen molar-refractivity contribution in [3.8, 4) is 11.5 Å². The summed E-state index contributed by atoms with van der Waals surface area (Å²) < 4.78 is 16.7. The fraction of sp³-hybridized carbons (Fsp3) is 0.462. The zero-order valence-electron chi connectivity index (χ0n) is 19.1. The molecule has 0 bridgehead atoms. The predicted octanol–water partition coefficient (Wildman–Crippen LogP) is 4.46. The van der Waals surface area contributed by atoms with Crippen LogP contribution in [0, 0.1) is 5.92 Å². The highest BCUT2D eigenvalue weighted by Gasteiger charge is 2.48. The van der Waals surface area contributed by atoms with Crippen molar-refractivity contribution in [2.75, 3.05) is 26.6 Å². The summed E-state index contributed by atoms with van der Waals surface area (Å²) in [6.45, 7) is 0.870. The minimum absolute atomic E-state index is 0.0626. The van der Waals surface area contributed by atoms with E-state index < -0.39 is 5.54 Å². The second-order valence-electron chi connectivity index (χ2n) is 8.69. The maximum absolute atomic E-state index is 12.8. The lowest BCUT2D eigenvalue weighted by Crippen LogP contribution is -2.55. The van der Waals surface area contributed by atoms with Gasteiger partial charge in [-0.1, -0.05) is 30.3 Å². The standard InChI is InChI=1S/C26H30ClNO5/c1-31-22-14-20-10-13-28(24(29)16-27)26(21(20)15-23(22)32-2)11-8-19(9-12-26)25(30)33-17-18-6-4-3-5-7-18/h3-7,14-15,19H,8-13,16-17H2,1-2H3. The first-order valence-corrected chi connectivity index (χ1v) is 11.9. The first kappa shape index (κ1) is 23.4. The lowest BCUT2D eigenvalue weighted by atomic mass is 9.68. The smallest absolute Gasteiger partial charge is 0.309 e. The van der Waals surface area contributed by atoms with E-state index in [1.54, 1.807) is 14.2 Å². The first-order valence-electron chi connectivity index (χ1n) is 11.3. The Labute approximate surface area is 199 Å². The molecule has 1 heterocycles. The van der Waals surface area contributed by atoms with Crippen LogP contribution in [0.3, 0.4) is 0 Å². The highest BCUT2D eigenvalue weighted by Crippen LogP contribution is 2.50. The average molecular weight is 472 g/mol. The van der Waals surface area contributed by atoms with Gasteiger partial charge in [0.2, 0.25) is 5.91 Å². The number of esters is 1. The van der Waals surface area contributed by atoms with Crippen LogP contribution in [-0.2, 0) is 32.9 Å². The number of carbonyl (C=O) groups excluding carboxylic acids is 2. The molecule has 1 fully saturated rings. The molecule has 2 aromatic carbocycles. The summed E-state index contributed by atoms with van der Waals surface area (Å²) in [5.74, 6) is 0.821. The third kappa shape index (κ3) is 4.54. The van der Waals surface area contributed by atoms with E-state index in [-0.39, 0.29) is 30.3 Å². The van der Waals surface area contributed by atoms with Gasteiger partial charge >= 0.3 is 5.97 Å². The van der Waals surface area contributed by atoms with Crippen LogP contribution in [0.1, 0.15) is 42.4 Å². The van der Waals surface area contributed by atoms with E-state index in [1.165, 1.54) is 0 Å². The molecular formula is C26H30ClNO5. The fourth-order valence-electron chi connectivity index (χ4n) is 5.31. The Bertz CT molecular complexity index is 1000. The molecule has 4 rings (SSSR count). The molecule has 1 spiro atoms. The average Bonchev–Trinajstić information content (AvgIpc) is 2.87. The summed E-state index contributed by atoms with van der Waals surface area (Å²) in [5.41, 5.74) is 2.69. The van der Waals surface area contributed by atoms with Crippen molar-refractivity contribution in [3.63, 3.8) is 0 Å². The van der Waals surface area contributed by atoms with E-state index in [0.29, 0.717) is 43.7 Å². The fourth-order valence-corrected chi connectivity index (χ4v) is 5.45. The number of halogens is 1. The van der Waals surface area contributed by atoms with Crippen LogP contribution in [0.4, 0.5) is 0 Å². The van der Waals surface area contributed by atoms with Gasteiger partial charge in [-0.05, 0) is 60.9 Å². The van der Waals surface area contributed by atoms with E-state index in [0.717, 1.165) is 23.1 Å². The van der Waals surface area contributed by atoms with Crippen molar-refractivity contribution in [1.29, 1.82) is 0 Å². The molecule has 33 heavy (non-hydrogen) atoms. The van der Waals surface area contributed by atoms with Crippen molar-refractivity contribution in [3.05, 3.63) is 59.2 Å². The summed E-state index contributed by atoms with van der Waals surface area (Å²) in [7, 11) is 3.24. The third-order valence-electron chi connectivity index (χ3n) is 7.02. The summed E-state index contributed by atoms with van der Waals surface area (Å²) in [6, 6.07) is 13.7. The molecule has 176 valence electrons. The number of methoxy groups -OCH3 is 2. The van der Waals surface area contributed by atoms with E-state index in [4.69, 9.17) is 25.8 Å². The van der Waals surface area contributed by atoms with Crippen LogP contribution in [0.5, 0.6) is 11.5 Å². The van der Waals surface area contributed by atoms with Crippen LogP contribution >= 0.6 is 11.6 Å². The molecule has 7 heteroatoms. The molecule has 6 nitrogen and oxygen atoms in total. The molecule has 0 saturated heterocycles. The van der Waals surface area contributed by atoms with Gasteiger partial charge in [0.05, 0.1) is 25.7 Å². The molecule has 0 radical (unpaired) electrons. The molecule has 1 aliphatic heterocycles. The topological polar surface area (TPSA) is 65.1 Å². The molecule has 1 amide bonds. The molecule has 0 atom stereocenters. The highest BCUT2D eigenvalue weighted by atomic mass is 35.5. The number of hydrogen-bond donors (Lipinski definition) is 0. The Kier molecular flexibility index (Phi) is 7.13. The third-order valence-corrected chi connectivity index (χ3v) is 7.25. The van der Waals surface area contributed by atoms with Crippen molar-refractivity contribution < 1.29 is 23.8 Å². The molecule has 2 aromatic rings. The van der Waals surface area contributed by atoms with Gasteiger partial charge in [-0.2, -0.15) is 0 Å². The number of rotatable bonds is 6. The zero-order chi connectivity index (χ0) is 23.4. The Morgan fingerprint density at radius 1 is 1.06 bits per heavy atom. The summed E-state index contributed by atoms with van der Waals surface area (Å²) in [4.78, 5) is 27.5. The zero-order valence-corrected chi connectivity index (χ0v) is 19.9. The lowest BCUT2D eigenvalue weighted by molar-refractivity contribution is -0.153. The highest BCUT2D eigenvalue weighted by molar-refractivity contribution is 6.27. The monoisotopic (exact) mass is 471 g/mol. The summed E-state index contributed by atoms with van der Waals surface area (Å²) >= 11 is 5.99. The van der Waals surface area contributed by atoms with E-state index >= 15 is 0 Å². The number of amides is 1. The van der Waals surface area contributed by atoms with Gasteiger partial charge in [0.1, 0.15) is 12.5 Å². The molecule has 0 aromatic heterocycles. The van der Waals surface area contributed by atoms with Gasteiger partial charge in [-0.3, -0.25) is 9.59 Å². The van der Waals surface area contributed by atoms with Gasteiger partial charge < -0.3 is 19.1 Å². The quantitative estimate of drug-likeness (QED) is 0.460. The van der Waals surface area contributed by atoms with E-state index in [2.05, 4.69) is 0 Å². The number of hydrogen-bond acceptors (Lipinski definition) is 5. The molecule has 0 N–H and O–H groups in total. The van der Waals surface area contributed by atoms with E-state index in [1.807, 2.05) is 47.4 Å². The van der Waals surface area contributed by atoms with Crippen LogP contribution in [-0.4, -0.2) is 43.4 Å². The number of fused-ring (bicyclic) bond motifs is 2. The van der Waals surface area contributed by atoms with Gasteiger partial charge in [0, 0.05) is 6.54 Å². The normalized spacial score (nSPS) is 21.9. The van der Waals surface area contributed by atoms with Crippen molar-refractivity contribution in [2.45, 2.75) is 44.2 Å². The van der Waals surface area contributed by atoms with Crippen molar-refractivity contribution >= 4 is 23.5 Å². The number of alkyl halides is 1. The molecule has 2 aliphatic rings. The maximum atomic E-state index is 12.8. The second kappa shape index (κ2) is 10.0. The Balaban J connectivity index is 1.56. The number of carbonyl (C=O) groups is 2. The van der Waals surface area contributed by atoms with Crippen LogP contribution < -0.4 is 9.47 Å². The van der Waals surface area contributed by atoms with Gasteiger partial charge in [-0.15, -0.1) is 11.6 Å².